The Hall–Kier alpha value is -2.04. The van der Waals surface area contributed by atoms with E-state index in [0.717, 1.165) is 5.56 Å². The molecule has 0 aliphatic heterocycles. The molecule has 0 spiro atoms. The first kappa shape index (κ1) is 13.9. The van der Waals surface area contributed by atoms with Gasteiger partial charge in [-0.2, -0.15) is 4.98 Å². The molecule has 21 heavy (non-hydrogen) atoms. The van der Waals surface area contributed by atoms with Crippen LogP contribution in [0.4, 0.5) is 5.69 Å². The molecule has 0 bridgehead atoms. The monoisotopic (exact) mass is 319 g/mol. The van der Waals surface area contributed by atoms with Gasteiger partial charge in [-0.15, -0.1) is 0 Å². The maximum atomic E-state index is 5.96. The summed E-state index contributed by atoms with van der Waals surface area (Å²) in [7, 11) is 0. The molecule has 0 aliphatic rings. The summed E-state index contributed by atoms with van der Waals surface area (Å²) < 4.78 is 5.26. The molecule has 2 aromatic carbocycles. The van der Waals surface area contributed by atoms with E-state index < -0.39 is 0 Å². The largest absolute Gasteiger partial charge is 0.398 e. The number of rotatable bonds is 3. The Bertz CT molecular complexity index is 769. The number of hydrogen-bond acceptors (Lipinski definition) is 4. The smallest absolute Gasteiger partial charge is 0.260 e. The standard InChI is InChI=1S/C15H11Cl2N3O/c16-10-3-1-9(2-4-10)7-14-19-15(21-20-14)12-8-11(17)5-6-13(12)18/h1-6,8H,7,18H2. The highest BCUT2D eigenvalue weighted by atomic mass is 35.5. The van der Waals surface area contributed by atoms with Crippen LogP contribution in [0.1, 0.15) is 11.4 Å². The highest BCUT2D eigenvalue weighted by molar-refractivity contribution is 6.31. The van der Waals surface area contributed by atoms with E-state index in [0.29, 0.717) is 39.4 Å². The number of nitrogens with two attached hydrogens (primary N) is 1. The van der Waals surface area contributed by atoms with Crippen LogP contribution in [-0.2, 0) is 6.42 Å². The number of nitrogens with zero attached hydrogens (tertiary/aromatic N) is 2. The molecular weight excluding hydrogens is 309 g/mol. The minimum absolute atomic E-state index is 0.360. The van der Waals surface area contributed by atoms with Gasteiger partial charge in [0.05, 0.1) is 5.56 Å². The highest BCUT2D eigenvalue weighted by Crippen LogP contribution is 2.27. The normalized spacial score (nSPS) is 10.8. The Morgan fingerprint density at radius 3 is 2.48 bits per heavy atom. The zero-order chi connectivity index (χ0) is 14.8. The molecule has 2 N–H and O–H groups in total. The minimum atomic E-state index is 0.360. The Labute approximate surface area is 131 Å². The Kier molecular flexibility index (Phi) is 3.82. The van der Waals surface area contributed by atoms with Gasteiger partial charge in [-0.25, -0.2) is 0 Å². The van der Waals surface area contributed by atoms with Crippen molar-refractivity contribution in [2.45, 2.75) is 6.42 Å². The van der Waals surface area contributed by atoms with Gasteiger partial charge in [0.2, 0.25) is 0 Å². The maximum Gasteiger partial charge on any atom is 0.260 e. The number of hydrogen-bond donors (Lipinski definition) is 1. The third-order valence-corrected chi connectivity index (χ3v) is 3.48. The summed E-state index contributed by atoms with van der Waals surface area (Å²) in [5.41, 5.74) is 8.13. The second-order valence-electron chi connectivity index (χ2n) is 4.55. The van der Waals surface area contributed by atoms with E-state index >= 15 is 0 Å². The lowest BCUT2D eigenvalue weighted by atomic mass is 10.1. The summed E-state index contributed by atoms with van der Waals surface area (Å²) in [5.74, 6) is 0.936. The molecule has 0 atom stereocenters. The molecule has 3 rings (SSSR count). The van der Waals surface area contributed by atoms with Crippen LogP contribution in [0.2, 0.25) is 10.0 Å². The molecular formula is C15H11Cl2N3O. The van der Waals surface area contributed by atoms with Crippen molar-refractivity contribution in [1.82, 2.24) is 10.1 Å². The van der Waals surface area contributed by atoms with Gasteiger partial charge in [0.1, 0.15) is 0 Å². The summed E-state index contributed by atoms with van der Waals surface area (Å²) in [4.78, 5) is 4.35. The molecule has 0 saturated heterocycles. The van der Waals surface area contributed by atoms with Gasteiger partial charge in [0.15, 0.2) is 5.82 Å². The van der Waals surface area contributed by atoms with Crippen molar-refractivity contribution in [1.29, 1.82) is 0 Å². The van der Waals surface area contributed by atoms with Crippen LogP contribution < -0.4 is 5.73 Å². The number of anilines is 1. The van der Waals surface area contributed by atoms with Crippen molar-refractivity contribution in [3.63, 3.8) is 0 Å². The van der Waals surface area contributed by atoms with Crippen LogP contribution in [-0.4, -0.2) is 10.1 Å². The molecule has 0 unspecified atom stereocenters. The number of aromatic nitrogens is 2. The molecule has 0 radical (unpaired) electrons. The second-order valence-corrected chi connectivity index (χ2v) is 5.42. The van der Waals surface area contributed by atoms with Gasteiger partial charge in [-0.05, 0) is 35.9 Å². The number of halogens is 2. The third-order valence-electron chi connectivity index (χ3n) is 2.99. The predicted molar refractivity (Wildman–Crippen MR) is 83.4 cm³/mol. The molecule has 1 heterocycles. The third kappa shape index (κ3) is 3.17. The van der Waals surface area contributed by atoms with Crippen LogP contribution in [0, 0.1) is 0 Å². The fourth-order valence-corrected chi connectivity index (χ4v) is 2.23. The zero-order valence-corrected chi connectivity index (χ0v) is 12.4. The van der Waals surface area contributed by atoms with Crippen molar-refractivity contribution >= 4 is 28.9 Å². The van der Waals surface area contributed by atoms with Gasteiger partial charge in [0.25, 0.3) is 5.89 Å². The first-order valence-electron chi connectivity index (χ1n) is 6.24. The SMILES string of the molecule is Nc1ccc(Cl)cc1-c1nc(Cc2ccc(Cl)cc2)no1. The van der Waals surface area contributed by atoms with E-state index in [2.05, 4.69) is 10.1 Å². The van der Waals surface area contributed by atoms with Crippen molar-refractivity contribution in [3.8, 4) is 11.5 Å². The van der Waals surface area contributed by atoms with Crippen molar-refractivity contribution in [2.75, 3.05) is 5.73 Å². The molecule has 0 amide bonds. The van der Waals surface area contributed by atoms with E-state index in [9.17, 15) is 0 Å². The Morgan fingerprint density at radius 2 is 1.71 bits per heavy atom. The van der Waals surface area contributed by atoms with Crippen LogP contribution in [0.3, 0.4) is 0 Å². The number of benzene rings is 2. The van der Waals surface area contributed by atoms with Crippen LogP contribution in [0.15, 0.2) is 47.0 Å². The summed E-state index contributed by atoms with van der Waals surface area (Å²) in [5, 5.41) is 5.22. The van der Waals surface area contributed by atoms with Crippen molar-refractivity contribution in [2.24, 2.45) is 0 Å². The average Bonchev–Trinajstić information content (AvgIpc) is 2.92. The summed E-state index contributed by atoms with van der Waals surface area (Å²) in [6.45, 7) is 0. The molecule has 106 valence electrons. The molecule has 0 fully saturated rings. The average molecular weight is 320 g/mol. The highest BCUT2D eigenvalue weighted by Gasteiger charge is 2.12. The van der Waals surface area contributed by atoms with Gasteiger partial charge in [-0.1, -0.05) is 40.5 Å². The fourth-order valence-electron chi connectivity index (χ4n) is 1.93. The van der Waals surface area contributed by atoms with Gasteiger partial charge in [-0.3, -0.25) is 0 Å². The summed E-state index contributed by atoms with van der Waals surface area (Å²) >= 11 is 11.8. The maximum absolute atomic E-state index is 5.96. The molecule has 0 saturated carbocycles. The van der Waals surface area contributed by atoms with Gasteiger partial charge >= 0.3 is 0 Å². The van der Waals surface area contributed by atoms with Crippen LogP contribution in [0.25, 0.3) is 11.5 Å². The molecule has 4 nitrogen and oxygen atoms in total. The predicted octanol–water partition coefficient (Wildman–Crippen LogP) is 4.22. The van der Waals surface area contributed by atoms with Crippen LogP contribution >= 0.6 is 23.2 Å². The second kappa shape index (κ2) is 5.76. The van der Waals surface area contributed by atoms with E-state index in [1.54, 1.807) is 18.2 Å². The van der Waals surface area contributed by atoms with Crippen LogP contribution in [0.5, 0.6) is 0 Å². The summed E-state index contributed by atoms with van der Waals surface area (Å²) in [6.07, 6.45) is 0.557. The fraction of sp³-hybridized carbons (Fsp3) is 0.0667. The topological polar surface area (TPSA) is 64.9 Å². The lowest BCUT2D eigenvalue weighted by Crippen LogP contribution is -1.92. The zero-order valence-electron chi connectivity index (χ0n) is 10.9. The quantitative estimate of drug-likeness (QED) is 0.734. The van der Waals surface area contributed by atoms with E-state index in [1.165, 1.54) is 0 Å². The lowest BCUT2D eigenvalue weighted by Gasteiger charge is -2.00. The first-order chi connectivity index (χ1) is 10.1. The van der Waals surface area contributed by atoms with Crippen molar-refractivity contribution in [3.05, 3.63) is 63.9 Å². The molecule has 1 aromatic heterocycles. The van der Waals surface area contributed by atoms with E-state index in [4.69, 9.17) is 33.5 Å². The lowest BCUT2D eigenvalue weighted by molar-refractivity contribution is 0.424. The van der Waals surface area contributed by atoms with Crippen molar-refractivity contribution < 1.29 is 4.52 Å². The Morgan fingerprint density at radius 1 is 1.00 bits per heavy atom. The van der Waals surface area contributed by atoms with E-state index in [-0.39, 0.29) is 0 Å². The van der Waals surface area contributed by atoms with Gasteiger partial charge < -0.3 is 10.3 Å². The number of nitrogen functional groups attached to an aromatic ring is 1. The minimum Gasteiger partial charge on any atom is -0.398 e. The van der Waals surface area contributed by atoms with Gasteiger partial charge in [0, 0.05) is 22.2 Å². The Balaban J connectivity index is 1.86. The molecule has 6 heteroatoms. The first-order valence-corrected chi connectivity index (χ1v) is 7.00. The summed E-state index contributed by atoms with van der Waals surface area (Å²) in [6, 6.07) is 12.6. The molecule has 0 aliphatic carbocycles. The molecule has 3 aromatic rings. The van der Waals surface area contributed by atoms with E-state index in [1.807, 2.05) is 24.3 Å².